The van der Waals surface area contributed by atoms with Crippen LogP contribution >= 0.6 is 23.2 Å². The van der Waals surface area contributed by atoms with Gasteiger partial charge in [0, 0.05) is 34.4 Å². The van der Waals surface area contributed by atoms with Gasteiger partial charge in [-0.1, -0.05) is 37.0 Å². The summed E-state index contributed by atoms with van der Waals surface area (Å²) in [4.78, 5) is 9.01. The Kier molecular flexibility index (Phi) is 4.27. The minimum Gasteiger partial charge on any atom is -0.373 e. The summed E-state index contributed by atoms with van der Waals surface area (Å²) in [5.74, 6) is 1.73. The first-order valence-electron chi connectivity index (χ1n) is 6.03. The molecule has 0 bridgehead atoms. The average molecular weight is 296 g/mol. The van der Waals surface area contributed by atoms with E-state index >= 15 is 0 Å². The summed E-state index contributed by atoms with van der Waals surface area (Å²) in [5, 5.41) is 4.20. The van der Waals surface area contributed by atoms with Gasteiger partial charge in [0.25, 0.3) is 0 Å². The standard InChI is InChI=1S/C14H15Cl2N3/c1-8(2)12-7-13(17-3)19-14(18-12)9-4-10(15)6-11(16)5-9/h4-8H,1-3H3,(H,17,18,19). The number of rotatable bonds is 3. The predicted octanol–water partition coefficient (Wildman–Crippen LogP) is 4.62. The molecular weight excluding hydrogens is 281 g/mol. The molecule has 0 aliphatic rings. The molecule has 0 fully saturated rings. The number of aromatic nitrogens is 2. The lowest BCUT2D eigenvalue weighted by Gasteiger charge is -2.10. The monoisotopic (exact) mass is 295 g/mol. The van der Waals surface area contributed by atoms with Crippen LogP contribution in [0.1, 0.15) is 25.5 Å². The third-order valence-corrected chi connectivity index (χ3v) is 3.15. The molecule has 100 valence electrons. The van der Waals surface area contributed by atoms with Gasteiger partial charge in [0.1, 0.15) is 5.82 Å². The van der Waals surface area contributed by atoms with E-state index in [1.807, 2.05) is 25.2 Å². The summed E-state index contributed by atoms with van der Waals surface area (Å²) in [6.07, 6.45) is 0. The molecule has 19 heavy (non-hydrogen) atoms. The second-order valence-corrected chi connectivity index (χ2v) is 5.44. The highest BCUT2D eigenvalue weighted by Gasteiger charge is 2.10. The van der Waals surface area contributed by atoms with Crippen LogP contribution in [0.25, 0.3) is 11.4 Å². The Labute approximate surface area is 123 Å². The summed E-state index contributed by atoms with van der Waals surface area (Å²) in [6.45, 7) is 4.19. The Morgan fingerprint density at radius 2 is 1.63 bits per heavy atom. The van der Waals surface area contributed by atoms with Crippen molar-refractivity contribution in [2.75, 3.05) is 12.4 Å². The van der Waals surface area contributed by atoms with Crippen LogP contribution in [-0.2, 0) is 0 Å². The summed E-state index contributed by atoms with van der Waals surface area (Å²) in [6, 6.07) is 7.26. The molecule has 0 unspecified atom stereocenters. The van der Waals surface area contributed by atoms with Crippen molar-refractivity contribution >= 4 is 29.0 Å². The van der Waals surface area contributed by atoms with Gasteiger partial charge in [0.2, 0.25) is 0 Å². The lowest BCUT2D eigenvalue weighted by Crippen LogP contribution is -2.02. The zero-order valence-electron chi connectivity index (χ0n) is 11.0. The molecule has 3 nitrogen and oxygen atoms in total. The van der Waals surface area contributed by atoms with E-state index < -0.39 is 0 Å². The van der Waals surface area contributed by atoms with Crippen molar-refractivity contribution in [1.82, 2.24) is 9.97 Å². The Morgan fingerprint density at radius 3 is 2.16 bits per heavy atom. The fourth-order valence-electron chi connectivity index (χ4n) is 1.70. The molecule has 1 N–H and O–H groups in total. The van der Waals surface area contributed by atoms with Crippen LogP contribution in [0.5, 0.6) is 0 Å². The summed E-state index contributed by atoms with van der Waals surface area (Å²) >= 11 is 12.0. The predicted molar refractivity (Wildman–Crippen MR) is 81.1 cm³/mol. The van der Waals surface area contributed by atoms with Gasteiger partial charge in [-0.15, -0.1) is 0 Å². The van der Waals surface area contributed by atoms with Gasteiger partial charge in [-0.3, -0.25) is 0 Å². The quantitative estimate of drug-likeness (QED) is 0.898. The van der Waals surface area contributed by atoms with E-state index in [0.29, 0.717) is 21.8 Å². The van der Waals surface area contributed by atoms with Crippen molar-refractivity contribution in [3.05, 3.63) is 40.0 Å². The normalized spacial score (nSPS) is 10.8. The van der Waals surface area contributed by atoms with Crippen molar-refractivity contribution in [1.29, 1.82) is 0 Å². The van der Waals surface area contributed by atoms with Crippen LogP contribution in [0, 0.1) is 0 Å². The molecule has 0 amide bonds. The van der Waals surface area contributed by atoms with Gasteiger partial charge in [-0.25, -0.2) is 9.97 Å². The maximum Gasteiger partial charge on any atom is 0.161 e. The lowest BCUT2D eigenvalue weighted by atomic mass is 10.1. The van der Waals surface area contributed by atoms with Gasteiger partial charge in [-0.05, 0) is 24.1 Å². The number of hydrogen-bond donors (Lipinski definition) is 1. The van der Waals surface area contributed by atoms with Gasteiger partial charge in [0.05, 0.1) is 0 Å². The highest BCUT2D eigenvalue weighted by molar-refractivity contribution is 6.35. The molecule has 0 aliphatic carbocycles. The Bertz CT molecular complexity index is 577. The van der Waals surface area contributed by atoms with Crippen LogP contribution < -0.4 is 5.32 Å². The number of halogens is 2. The highest BCUT2D eigenvalue weighted by Crippen LogP contribution is 2.27. The molecule has 2 aromatic rings. The van der Waals surface area contributed by atoms with Gasteiger partial charge >= 0.3 is 0 Å². The van der Waals surface area contributed by atoms with Crippen LogP contribution in [0.15, 0.2) is 24.3 Å². The molecule has 1 aromatic heterocycles. The Hall–Kier alpha value is -1.32. The largest absolute Gasteiger partial charge is 0.373 e. The maximum absolute atomic E-state index is 6.02. The summed E-state index contributed by atoms with van der Waals surface area (Å²) in [5.41, 5.74) is 1.79. The van der Waals surface area contributed by atoms with E-state index in [-0.39, 0.29) is 0 Å². The second kappa shape index (κ2) is 5.76. The van der Waals surface area contributed by atoms with Crippen molar-refractivity contribution in [3.8, 4) is 11.4 Å². The molecule has 0 aliphatic heterocycles. The Morgan fingerprint density at radius 1 is 1.00 bits per heavy atom. The summed E-state index contributed by atoms with van der Waals surface area (Å²) in [7, 11) is 1.83. The molecule has 2 rings (SSSR count). The highest BCUT2D eigenvalue weighted by atomic mass is 35.5. The van der Waals surface area contributed by atoms with Crippen molar-refractivity contribution in [2.24, 2.45) is 0 Å². The smallest absolute Gasteiger partial charge is 0.161 e. The topological polar surface area (TPSA) is 37.8 Å². The van der Waals surface area contributed by atoms with Gasteiger partial charge in [0.15, 0.2) is 5.82 Å². The second-order valence-electron chi connectivity index (χ2n) is 4.56. The van der Waals surface area contributed by atoms with Crippen LogP contribution in [0.3, 0.4) is 0 Å². The minimum absolute atomic E-state index is 0.323. The molecule has 0 saturated carbocycles. The van der Waals surface area contributed by atoms with Crippen LogP contribution in [0.2, 0.25) is 10.0 Å². The van der Waals surface area contributed by atoms with Crippen molar-refractivity contribution in [2.45, 2.75) is 19.8 Å². The first-order valence-corrected chi connectivity index (χ1v) is 6.78. The zero-order chi connectivity index (χ0) is 14.0. The fraction of sp³-hybridized carbons (Fsp3) is 0.286. The first-order chi connectivity index (χ1) is 8.99. The van der Waals surface area contributed by atoms with E-state index in [2.05, 4.69) is 29.1 Å². The number of hydrogen-bond acceptors (Lipinski definition) is 3. The number of anilines is 1. The molecular formula is C14H15Cl2N3. The number of nitrogens with zero attached hydrogens (tertiary/aromatic N) is 2. The first kappa shape index (κ1) is 14.1. The zero-order valence-corrected chi connectivity index (χ0v) is 12.5. The van der Waals surface area contributed by atoms with E-state index in [9.17, 15) is 0 Å². The molecule has 1 heterocycles. The Balaban J connectivity index is 2.57. The van der Waals surface area contributed by atoms with E-state index in [4.69, 9.17) is 23.2 Å². The number of nitrogens with one attached hydrogen (secondary N) is 1. The number of benzene rings is 1. The van der Waals surface area contributed by atoms with Gasteiger partial charge in [-0.2, -0.15) is 0 Å². The van der Waals surface area contributed by atoms with Crippen molar-refractivity contribution < 1.29 is 0 Å². The summed E-state index contributed by atoms with van der Waals surface area (Å²) < 4.78 is 0. The maximum atomic E-state index is 6.02. The molecule has 5 heteroatoms. The fourth-order valence-corrected chi connectivity index (χ4v) is 2.23. The molecule has 0 saturated heterocycles. The third kappa shape index (κ3) is 3.37. The minimum atomic E-state index is 0.323. The van der Waals surface area contributed by atoms with E-state index in [1.165, 1.54) is 0 Å². The molecule has 1 aromatic carbocycles. The van der Waals surface area contributed by atoms with Gasteiger partial charge < -0.3 is 5.32 Å². The molecule has 0 atom stereocenters. The van der Waals surface area contributed by atoms with E-state index in [0.717, 1.165) is 17.1 Å². The van der Waals surface area contributed by atoms with Crippen LogP contribution in [-0.4, -0.2) is 17.0 Å². The van der Waals surface area contributed by atoms with E-state index in [1.54, 1.807) is 6.07 Å². The van der Waals surface area contributed by atoms with Crippen LogP contribution in [0.4, 0.5) is 5.82 Å². The average Bonchev–Trinajstić information content (AvgIpc) is 2.37. The molecule has 0 radical (unpaired) electrons. The lowest BCUT2D eigenvalue weighted by molar-refractivity contribution is 0.817. The van der Waals surface area contributed by atoms with Crippen molar-refractivity contribution in [3.63, 3.8) is 0 Å². The molecule has 0 spiro atoms. The SMILES string of the molecule is CNc1cc(C(C)C)nc(-c2cc(Cl)cc(Cl)c2)n1. The third-order valence-electron chi connectivity index (χ3n) is 2.71.